The minimum atomic E-state index is -2.97. The zero-order chi connectivity index (χ0) is 36.5. The smallest absolute Gasteiger partial charge is 0.411 e. The summed E-state index contributed by atoms with van der Waals surface area (Å²) in [5, 5.41) is 8.39. The molecule has 0 unspecified atom stereocenters. The van der Waals surface area contributed by atoms with Gasteiger partial charge in [0.2, 0.25) is 0 Å². The maximum absolute atomic E-state index is 16.2. The number of aromatic nitrogens is 3. The predicted octanol–water partition coefficient (Wildman–Crippen LogP) is 3.99. The summed E-state index contributed by atoms with van der Waals surface area (Å²) >= 11 is 0. The van der Waals surface area contributed by atoms with Crippen LogP contribution >= 0.6 is 0 Å². The highest BCUT2D eigenvalue weighted by Gasteiger charge is 2.61. The lowest BCUT2D eigenvalue weighted by molar-refractivity contribution is -0.180. The quantitative estimate of drug-likeness (QED) is 0.149. The van der Waals surface area contributed by atoms with E-state index in [9.17, 15) is 19.2 Å². The van der Waals surface area contributed by atoms with Gasteiger partial charge in [0.05, 0.1) is 24.4 Å². The zero-order valence-electron chi connectivity index (χ0n) is 29.9. The van der Waals surface area contributed by atoms with Gasteiger partial charge in [0.25, 0.3) is 5.67 Å². The number of ether oxygens (including phenoxy) is 3. The third-order valence-electron chi connectivity index (χ3n) is 10.8. The Labute approximate surface area is 288 Å². The van der Waals surface area contributed by atoms with Crippen LogP contribution in [0, 0.1) is 17.8 Å². The number of amides is 1. The Morgan fingerprint density at radius 2 is 1.78 bits per heavy atom. The number of carbonyl (C=O) groups excluding carboxylic acids is 4. The lowest BCUT2D eigenvalue weighted by atomic mass is 9.61. The fraction of sp³-hybridized carbons (Fsp3) is 0.600. The van der Waals surface area contributed by atoms with Crippen LogP contribution in [0.5, 0.6) is 0 Å². The van der Waals surface area contributed by atoms with Crippen LogP contribution in [0.2, 0.25) is 5.82 Å². The van der Waals surface area contributed by atoms with Crippen LogP contribution in [0.1, 0.15) is 61.3 Å². The molecule has 0 bridgehead atoms. The Balaban J connectivity index is 1.66. The van der Waals surface area contributed by atoms with E-state index >= 15 is 4.39 Å². The van der Waals surface area contributed by atoms with E-state index in [0.717, 1.165) is 12.5 Å². The van der Waals surface area contributed by atoms with Crippen molar-refractivity contribution in [3.8, 4) is 11.3 Å². The fourth-order valence-electron chi connectivity index (χ4n) is 7.43. The Bertz CT molecular complexity index is 1600. The number of methoxy groups -OCH3 is 1. The molecule has 0 aliphatic carbocycles. The number of nitrogens with zero attached hydrogens (tertiary/aromatic N) is 4. The Kier molecular flexibility index (Phi) is 11.1. The van der Waals surface area contributed by atoms with Crippen molar-refractivity contribution in [1.29, 1.82) is 0 Å². The molecule has 2 fully saturated rings. The lowest BCUT2D eigenvalue weighted by Gasteiger charge is -2.43. The van der Waals surface area contributed by atoms with Crippen LogP contribution in [0.3, 0.4) is 0 Å². The SMILES string of the molecule is B[C@@H]1[C@@H](C)C(=O)[C@](C)(F)C(=O)O[C@H](CC)[C@@]2(C)OC(=O)N(C/C=C/Cn3cc(-c4cccc(N)c4)nn3)[C@@H]2[C@@H](C)C(=O)[C@H](C)C[C@@]1(C)OC. The first kappa shape index (κ1) is 37.7. The number of cyclic esters (lactones) is 1. The van der Waals surface area contributed by atoms with E-state index in [4.69, 9.17) is 19.9 Å². The molecule has 2 saturated heterocycles. The number of nitrogens with two attached hydrogens (primary N) is 1. The normalized spacial score (nSPS) is 34.8. The van der Waals surface area contributed by atoms with Crippen LogP contribution in [0.4, 0.5) is 14.9 Å². The van der Waals surface area contributed by atoms with Crippen LogP contribution in [-0.2, 0) is 35.1 Å². The number of hydrogen-bond acceptors (Lipinski definition) is 10. The van der Waals surface area contributed by atoms with Gasteiger partial charge >= 0.3 is 12.1 Å². The summed E-state index contributed by atoms with van der Waals surface area (Å²) < 4.78 is 35.3. The molecular weight excluding hydrogens is 632 g/mol. The number of esters is 1. The van der Waals surface area contributed by atoms with Gasteiger partial charge in [0, 0.05) is 42.7 Å². The molecule has 1 aromatic carbocycles. The molecule has 266 valence electrons. The molecule has 9 atom stereocenters. The number of nitrogen functional groups attached to an aromatic ring is 1. The third kappa shape index (κ3) is 7.29. The van der Waals surface area contributed by atoms with Gasteiger partial charge in [-0.3, -0.25) is 14.5 Å². The highest BCUT2D eigenvalue weighted by atomic mass is 19.1. The number of carbonyl (C=O) groups is 4. The molecule has 2 N–H and O–H groups in total. The Morgan fingerprint density at radius 1 is 1.10 bits per heavy atom. The number of anilines is 1. The summed E-state index contributed by atoms with van der Waals surface area (Å²) in [6.45, 7) is 11.5. The number of halogens is 1. The summed E-state index contributed by atoms with van der Waals surface area (Å²) in [5.41, 5.74) is 2.46. The average Bonchev–Trinajstić information content (AvgIpc) is 3.64. The van der Waals surface area contributed by atoms with Gasteiger partial charge in [-0.25, -0.2) is 18.7 Å². The van der Waals surface area contributed by atoms with Crippen LogP contribution in [0.25, 0.3) is 11.3 Å². The van der Waals surface area contributed by atoms with Crippen molar-refractivity contribution in [1.82, 2.24) is 19.9 Å². The van der Waals surface area contributed by atoms with Crippen molar-refractivity contribution < 1.29 is 37.8 Å². The van der Waals surface area contributed by atoms with Crippen LogP contribution < -0.4 is 5.73 Å². The summed E-state index contributed by atoms with van der Waals surface area (Å²) in [5.74, 6) is -5.30. The van der Waals surface area contributed by atoms with Crippen molar-refractivity contribution in [2.45, 2.75) is 103 Å². The molecule has 1 aromatic heterocycles. The van der Waals surface area contributed by atoms with Crippen LogP contribution in [-0.4, -0.2) is 94.0 Å². The molecule has 49 heavy (non-hydrogen) atoms. The van der Waals surface area contributed by atoms with Gasteiger partial charge in [0.1, 0.15) is 25.4 Å². The van der Waals surface area contributed by atoms with Gasteiger partial charge in [-0.05, 0) is 51.6 Å². The summed E-state index contributed by atoms with van der Waals surface area (Å²) in [7, 11) is 3.24. The molecule has 1 amide bonds. The highest BCUT2D eigenvalue weighted by molar-refractivity contribution is 6.17. The van der Waals surface area contributed by atoms with Crippen LogP contribution in [0.15, 0.2) is 42.6 Å². The maximum atomic E-state index is 16.2. The molecule has 0 saturated carbocycles. The number of ketones is 2. The zero-order valence-corrected chi connectivity index (χ0v) is 29.9. The second-order valence-electron chi connectivity index (χ2n) is 14.1. The van der Waals surface area contributed by atoms with Crippen molar-refractivity contribution in [2.24, 2.45) is 17.8 Å². The number of rotatable bonds is 7. The maximum Gasteiger partial charge on any atom is 0.411 e. The molecule has 2 aliphatic rings. The minimum Gasteiger partial charge on any atom is -0.455 e. The summed E-state index contributed by atoms with van der Waals surface area (Å²) in [4.78, 5) is 56.1. The van der Waals surface area contributed by atoms with E-state index in [1.165, 1.54) is 12.0 Å². The summed E-state index contributed by atoms with van der Waals surface area (Å²) in [6, 6.07) is 6.42. The average molecular weight is 682 g/mol. The van der Waals surface area contributed by atoms with Crippen molar-refractivity contribution in [3.05, 3.63) is 42.6 Å². The Hall–Kier alpha value is -4.07. The summed E-state index contributed by atoms with van der Waals surface area (Å²) in [6.07, 6.45) is 3.83. The van der Waals surface area contributed by atoms with Gasteiger partial charge in [-0.1, -0.05) is 57.2 Å². The number of benzene rings is 1. The van der Waals surface area contributed by atoms with Gasteiger partial charge in [0.15, 0.2) is 11.4 Å². The molecule has 12 nitrogen and oxygen atoms in total. The number of fused-ring (bicyclic) bond motifs is 1. The molecule has 2 aromatic rings. The van der Waals surface area contributed by atoms with E-state index in [1.807, 2.05) is 18.2 Å². The number of alkyl halides is 1. The minimum absolute atomic E-state index is 0.0654. The number of allylic oxidation sites excluding steroid dienone is 1. The van der Waals surface area contributed by atoms with E-state index in [-0.39, 0.29) is 25.2 Å². The molecule has 2 aliphatic heterocycles. The Morgan fingerprint density at radius 3 is 2.41 bits per heavy atom. The van der Waals surface area contributed by atoms with E-state index in [0.29, 0.717) is 17.9 Å². The van der Waals surface area contributed by atoms with Crippen molar-refractivity contribution in [2.75, 3.05) is 19.4 Å². The monoisotopic (exact) mass is 681 g/mol. The number of hydrogen-bond donors (Lipinski definition) is 1. The van der Waals surface area contributed by atoms with E-state index in [1.54, 1.807) is 78.5 Å². The predicted molar refractivity (Wildman–Crippen MR) is 184 cm³/mol. The van der Waals surface area contributed by atoms with E-state index < -0.39 is 70.4 Å². The van der Waals surface area contributed by atoms with Gasteiger partial charge < -0.3 is 19.9 Å². The first-order valence-corrected chi connectivity index (χ1v) is 16.8. The molecule has 4 rings (SSSR count). The van der Waals surface area contributed by atoms with Gasteiger partial charge in [-0.15, -0.1) is 5.10 Å². The van der Waals surface area contributed by atoms with Crippen molar-refractivity contribution >= 4 is 37.2 Å². The highest BCUT2D eigenvalue weighted by Crippen LogP contribution is 2.44. The molecule has 14 heteroatoms. The lowest BCUT2D eigenvalue weighted by Crippen LogP contribution is -2.59. The standard InChI is InChI=1S/C35H49BFN5O7/c1-9-26-35(7)29(42(32(46)49-35)16-11-10-15-41-19-25(39-40-41)23-13-12-14-24(38)17-23)21(3)27(43)20(2)18-33(5,47-8)28(36)22(4)30(44)34(6,37)31(45)48-26/h10-14,17,19-22,26,28-29H,9,15-16,18,36,38H2,1-8H3/b11-10+/t20-,21+,22-,26-,28-,29-,33-,34+,35-/m1/s1. The first-order chi connectivity index (χ1) is 22.9. The molecular formula is C35H49BFN5O7. The second-order valence-corrected chi connectivity index (χ2v) is 14.1. The fourth-order valence-corrected chi connectivity index (χ4v) is 7.43. The van der Waals surface area contributed by atoms with Crippen molar-refractivity contribution in [3.63, 3.8) is 0 Å². The third-order valence-corrected chi connectivity index (χ3v) is 10.8. The topological polar surface area (TPSA) is 156 Å². The van der Waals surface area contributed by atoms with E-state index in [2.05, 4.69) is 10.3 Å². The molecule has 0 radical (unpaired) electrons. The second kappa shape index (κ2) is 14.4. The first-order valence-electron chi connectivity index (χ1n) is 16.8. The van der Waals surface area contributed by atoms with Gasteiger partial charge in [-0.2, -0.15) is 0 Å². The number of Topliss-reactive ketones (excluding diaryl/α,β-unsaturated/α-hetero) is 2. The molecule has 3 heterocycles. The largest absolute Gasteiger partial charge is 0.455 e. The molecule has 0 spiro atoms.